The molecular formula is C12H19ClN2O. The van der Waals surface area contributed by atoms with Crippen LogP contribution in [0.15, 0.2) is 18.2 Å². The SMILES string of the molecule is CN(C)CCCNCc1cc(Cl)ccc1O. The molecule has 1 aromatic carbocycles. The molecule has 0 spiro atoms. The molecule has 0 fully saturated rings. The van der Waals surface area contributed by atoms with E-state index in [0.717, 1.165) is 25.1 Å². The van der Waals surface area contributed by atoms with E-state index in [9.17, 15) is 5.11 Å². The standard InChI is InChI=1S/C12H19ClN2O/c1-15(2)7-3-6-14-9-10-8-11(13)4-5-12(10)16/h4-5,8,14,16H,3,6-7,9H2,1-2H3. The molecule has 0 aromatic heterocycles. The first kappa shape index (κ1) is 13.3. The molecule has 0 unspecified atom stereocenters. The summed E-state index contributed by atoms with van der Waals surface area (Å²) in [6.45, 7) is 2.65. The zero-order valence-electron chi connectivity index (χ0n) is 9.83. The number of hydrogen-bond acceptors (Lipinski definition) is 3. The lowest BCUT2D eigenvalue weighted by Crippen LogP contribution is -2.21. The van der Waals surface area contributed by atoms with Crippen molar-refractivity contribution in [1.82, 2.24) is 10.2 Å². The summed E-state index contributed by atoms with van der Waals surface area (Å²) in [6, 6.07) is 5.10. The van der Waals surface area contributed by atoms with Gasteiger partial charge >= 0.3 is 0 Å². The Hall–Kier alpha value is -0.770. The number of rotatable bonds is 6. The lowest BCUT2D eigenvalue weighted by atomic mass is 10.2. The van der Waals surface area contributed by atoms with Crippen LogP contribution in [0.25, 0.3) is 0 Å². The van der Waals surface area contributed by atoms with Gasteiger partial charge in [0.2, 0.25) is 0 Å². The minimum absolute atomic E-state index is 0.296. The first-order valence-corrected chi connectivity index (χ1v) is 5.80. The van der Waals surface area contributed by atoms with Crippen molar-refractivity contribution in [1.29, 1.82) is 0 Å². The Bertz CT molecular complexity index is 329. The van der Waals surface area contributed by atoms with Gasteiger partial charge in [-0.05, 0) is 51.8 Å². The van der Waals surface area contributed by atoms with Crippen molar-refractivity contribution in [3.8, 4) is 5.75 Å². The molecule has 2 N–H and O–H groups in total. The number of aromatic hydroxyl groups is 1. The highest BCUT2D eigenvalue weighted by Crippen LogP contribution is 2.20. The molecule has 1 rings (SSSR count). The van der Waals surface area contributed by atoms with E-state index in [1.807, 2.05) is 0 Å². The van der Waals surface area contributed by atoms with Crippen molar-refractivity contribution < 1.29 is 5.11 Å². The van der Waals surface area contributed by atoms with Crippen LogP contribution in [0.1, 0.15) is 12.0 Å². The van der Waals surface area contributed by atoms with Gasteiger partial charge in [0.15, 0.2) is 0 Å². The molecule has 0 atom stereocenters. The van der Waals surface area contributed by atoms with Crippen LogP contribution in [-0.4, -0.2) is 37.2 Å². The van der Waals surface area contributed by atoms with Gasteiger partial charge in [-0.2, -0.15) is 0 Å². The highest BCUT2D eigenvalue weighted by molar-refractivity contribution is 6.30. The van der Waals surface area contributed by atoms with Gasteiger partial charge in [-0.1, -0.05) is 11.6 Å². The van der Waals surface area contributed by atoms with Crippen LogP contribution in [0.4, 0.5) is 0 Å². The molecule has 0 radical (unpaired) electrons. The molecular weight excluding hydrogens is 224 g/mol. The predicted molar refractivity (Wildman–Crippen MR) is 68.0 cm³/mol. The first-order valence-electron chi connectivity index (χ1n) is 5.42. The fourth-order valence-corrected chi connectivity index (χ4v) is 1.63. The molecule has 3 nitrogen and oxygen atoms in total. The number of nitrogens with one attached hydrogen (secondary N) is 1. The number of phenols is 1. The maximum atomic E-state index is 9.57. The lowest BCUT2D eigenvalue weighted by molar-refractivity contribution is 0.393. The van der Waals surface area contributed by atoms with E-state index < -0.39 is 0 Å². The van der Waals surface area contributed by atoms with Crippen LogP contribution < -0.4 is 5.32 Å². The quantitative estimate of drug-likeness (QED) is 0.750. The lowest BCUT2D eigenvalue weighted by Gasteiger charge is -2.10. The Balaban J connectivity index is 2.29. The van der Waals surface area contributed by atoms with Crippen LogP contribution in [0, 0.1) is 0 Å². The normalized spacial score (nSPS) is 11.0. The summed E-state index contributed by atoms with van der Waals surface area (Å²) < 4.78 is 0. The van der Waals surface area contributed by atoms with E-state index in [1.54, 1.807) is 18.2 Å². The Morgan fingerprint density at radius 2 is 2.12 bits per heavy atom. The van der Waals surface area contributed by atoms with Gasteiger partial charge < -0.3 is 15.3 Å². The average molecular weight is 243 g/mol. The van der Waals surface area contributed by atoms with E-state index in [-0.39, 0.29) is 0 Å². The molecule has 0 aliphatic carbocycles. The van der Waals surface area contributed by atoms with E-state index in [1.165, 1.54) is 0 Å². The van der Waals surface area contributed by atoms with Crippen molar-refractivity contribution >= 4 is 11.6 Å². The monoisotopic (exact) mass is 242 g/mol. The Labute approximate surface area is 102 Å². The maximum Gasteiger partial charge on any atom is 0.120 e. The van der Waals surface area contributed by atoms with Gasteiger partial charge in [0.05, 0.1) is 0 Å². The van der Waals surface area contributed by atoms with Crippen LogP contribution in [-0.2, 0) is 6.54 Å². The van der Waals surface area contributed by atoms with Crippen molar-refractivity contribution in [2.45, 2.75) is 13.0 Å². The topological polar surface area (TPSA) is 35.5 Å². The minimum atomic E-state index is 0.296. The zero-order chi connectivity index (χ0) is 12.0. The molecule has 0 bridgehead atoms. The third-order valence-electron chi connectivity index (χ3n) is 2.32. The first-order chi connectivity index (χ1) is 7.59. The number of phenolic OH excluding ortho intramolecular Hbond substituents is 1. The predicted octanol–water partition coefficient (Wildman–Crippen LogP) is 2.09. The highest BCUT2D eigenvalue weighted by Gasteiger charge is 2.01. The van der Waals surface area contributed by atoms with Gasteiger partial charge in [-0.15, -0.1) is 0 Å². The van der Waals surface area contributed by atoms with Crippen LogP contribution >= 0.6 is 11.6 Å². The second-order valence-electron chi connectivity index (χ2n) is 4.11. The van der Waals surface area contributed by atoms with E-state index in [2.05, 4.69) is 24.3 Å². The Kier molecular flexibility index (Phi) is 5.60. The summed E-state index contributed by atoms with van der Waals surface area (Å²) in [7, 11) is 4.12. The molecule has 4 heteroatoms. The van der Waals surface area contributed by atoms with Crippen molar-refractivity contribution in [3.63, 3.8) is 0 Å². The van der Waals surface area contributed by atoms with Crippen LogP contribution in [0.2, 0.25) is 5.02 Å². The average Bonchev–Trinajstić information content (AvgIpc) is 2.22. The highest BCUT2D eigenvalue weighted by atomic mass is 35.5. The van der Waals surface area contributed by atoms with E-state index in [0.29, 0.717) is 17.3 Å². The second-order valence-corrected chi connectivity index (χ2v) is 4.54. The smallest absolute Gasteiger partial charge is 0.120 e. The fraction of sp³-hybridized carbons (Fsp3) is 0.500. The number of benzene rings is 1. The summed E-state index contributed by atoms with van der Waals surface area (Å²) in [6.07, 6.45) is 1.09. The van der Waals surface area contributed by atoms with Gasteiger partial charge in [-0.3, -0.25) is 0 Å². The number of halogens is 1. The Morgan fingerprint density at radius 1 is 1.38 bits per heavy atom. The van der Waals surface area contributed by atoms with Gasteiger partial charge in [0.25, 0.3) is 0 Å². The van der Waals surface area contributed by atoms with Crippen LogP contribution in [0.3, 0.4) is 0 Å². The van der Waals surface area contributed by atoms with E-state index in [4.69, 9.17) is 11.6 Å². The van der Waals surface area contributed by atoms with Crippen LogP contribution in [0.5, 0.6) is 5.75 Å². The summed E-state index contributed by atoms with van der Waals surface area (Å²) in [5, 5.41) is 13.5. The zero-order valence-corrected chi connectivity index (χ0v) is 10.6. The van der Waals surface area contributed by atoms with Crippen molar-refractivity contribution in [2.75, 3.05) is 27.2 Å². The molecule has 90 valence electrons. The molecule has 16 heavy (non-hydrogen) atoms. The second kappa shape index (κ2) is 6.74. The molecule has 0 saturated heterocycles. The van der Waals surface area contributed by atoms with E-state index >= 15 is 0 Å². The third-order valence-corrected chi connectivity index (χ3v) is 2.55. The summed E-state index contributed by atoms with van der Waals surface area (Å²) >= 11 is 5.85. The molecule has 1 aromatic rings. The largest absolute Gasteiger partial charge is 0.508 e. The number of nitrogens with zero attached hydrogens (tertiary/aromatic N) is 1. The molecule has 0 saturated carbocycles. The summed E-state index contributed by atoms with van der Waals surface area (Å²) in [5.41, 5.74) is 0.845. The van der Waals surface area contributed by atoms with Crippen molar-refractivity contribution in [2.24, 2.45) is 0 Å². The molecule has 0 amide bonds. The maximum absolute atomic E-state index is 9.57. The fourth-order valence-electron chi connectivity index (χ4n) is 1.44. The van der Waals surface area contributed by atoms with Gasteiger partial charge in [0, 0.05) is 17.1 Å². The van der Waals surface area contributed by atoms with Gasteiger partial charge in [0.1, 0.15) is 5.75 Å². The third kappa shape index (κ3) is 4.84. The summed E-state index contributed by atoms with van der Waals surface area (Å²) in [4.78, 5) is 2.15. The molecule has 0 aliphatic heterocycles. The Morgan fingerprint density at radius 3 is 2.81 bits per heavy atom. The van der Waals surface area contributed by atoms with Crippen molar-refractivity contribution in [3.05, 3.63) is 28.8 Å². The summed E-state index contributed by atoms with van der Waals surface area (Å²) in [5.74, 6) is 0.296. The molecule has 0 aliphatic rings. The molecule has 0 heterocycles. The minimum Gasteiger partial charge on any atom is -0.508 e. The number of hydrogen-bond donors (Lipinski definition) is 2. The van der Waals surface area contributed by atoms with Gasteiger partial charge in [-0.25, -0.2) is 0 Å².